The van der Waals surface area contributed by atoms with Gasteiger partial charge < -0.3 is 9.42 Å². The highest BCUT2D eigenvalue weighted by Gasteiger charge is 2.32. The van der Waals surface area contributed by atoms with Gasteiger partial charge in [0.15, 0.2) is 5.82 Å². The Hall–Kier alpha value is -3.03. The van der Waals surface area contributed by atoms with Crippen molar-refractivity contribution < 1.29 is 9.45 Å². The Bertz CT molecular complexity index is 1010. The zero-order valence-corrected chi connectivity index (χ0v) is 14.7. The number of aromatic nitrogens is 3. The number of fused-ring (bicyclic) bond motifs is 1. The van der Waals surface area contributed by atoms with Gasteiger partial charge in [0, 0.05) is 37.2 Å². The van der Waals surface area contributed by atoms with E-state index in [4.69, 9.17) is 4.52 Å². The number of nitro benzene ring substituents is 1. The van der Waals surface area contributed by atoms with Crippen molar-refractivity contribution in [1.82, 2.24) is 15.1 Å². The third-order valence-corrected chi connectivity index (χ3v) is 5.51. The van der Waals surface area contributed by atoms with E-state index in [1.165, 1.54) is 0 Å². The molecular formula is C19H19N5O3. The fraction of sp³-hybridized carbons (Fsp3) is 0.421. The molecule has 0 spiro atoms. The minimum absolute atomic E-state index is 0.0936. The molecule has 1 saturated carbocycles. The van der Waals surface area contributed by atoms with Crippen molar-refractivity contribution in [2.24, 2.45) is 0 Å². The zero-order chi connectivity index (χ0) is 18.4. The fourth-order valence-corrected chi connectivity index (χ4v) is 3.84. The second kappa shape index (κ2) is 6.29. The summed E-state index contributed by atoms with van der Waals surface area (Å²) in [5, 5.41) is 16.1. The largest absolute Gasteiger partial charge is 0.370 e. The van der Waals surface area contributed by atoms with Gasteiger partial charge in [0.05, 0.1) is 16.0 Å². The molecule has 0 amide bonds. The van der Waals surface area contributed by atoms with Gasteiger partial charge in [0.2, 0.25) is 5.89 Å². The Kier molecular flexibility index (Phi) is 3.77. The lowest BCUT2D eigenvalue weighted by atomic mass is 9.95. The van der Waals surface area contributed by atoms with Gasteiger partial charge in [-0.05, 0) is 43.9 Å². The van der Waals surface area contributed by atoms with Crippen LogP contribution in [0, 0.1) is 10.1 Å². The molecule has 2 aliphatic rings. The molecule has 27 heavy (non-hydrogen) atoms. The summed E-state index contributed by atoms with van der Waals surface area (Å²) in [6, 6.07) is 6.88. The van der Waals surface area contributed by atoms with E-state index >= 15 is 0 Å². The van der Waals surface area contributed by atoms with Crippen LogP contribution in [-0.4, -0.2) is 33.1 Å². The summed E-state index contributed by atoms with van der Waals surface area (Å²) in [5.41, 5.74) is 1.72. The summed E-state index contributed by atoms with van der Waals surface area (Å²) < 4.78 is 5.40. The number of nitrogens with zero attached hydrogens (tertiary/aromatic N) is 5. The normalized spacial score (nSPS) is 18.1. The highest BCUT2D eigenvalue weighted by molar-refractivity contribution is 5.97. The van der Waals surface area contributed by atoms with Gasteiger partial charge in [-0.2, -0.15) is 4.98 Å². The van der Waals surface area contributed by atoms with Crippen LogP contribution in [0.3, 0.4) is 0 Å². The predicted molar refractivity (Wildman–Crippen MR) is 98.9 cm³/mol. The average molecular weight is 365 g/mol. The van der Waals surface area contributed by atoms with E-state index in [-0.39, 0.29) is 10.6 Å². The second-order valence-electron chi connectivity index (χ2n) is 7.29. The van der Waals surface area contributed by atoms with Crippen molar-refractivity contribution >= 4 is 22.3 Å². The maximum atomic E-state index is 11.3. The number of pyridine rings is 1. The molecule has 138 valence electrons. The van der Waals surface area contributed by atoms with Crippen molar-refractivity contribution in [3.8, 4) is 0 Å². The predicted octanol–water partition coefficient (Wildman–Crippen LogP) is 3.79. The van der Waals surface area contributed by atoms with Crippen LogP contribution in [0.15, 0.2) is 35.0 Å². The molecule has 2 fully saturated rings. The summed E-state index contributed by atoms with van der Waals surface area (Å²) in [7, 11) is 0. The second-order valence-corrected chi connectivity index (χ2v) is 7.29. The number of non-ortho nitro benzene ring substituents is 1. The lowest BCUT2D eigenvalue weighted by molar-refractivity contribution is -0.383. The molecule has 0 bridgehead atoms. The summed E-state index contributed by atoms with van der Waals surface area (Å²) >= 11 is 0. The van der Waals surface area contributed by atoms with Crippen LogP contribution < -0.4 is 4.90 Å². The molecule has 8 heteroatoms. The molecule has 0 N–H and O–H groups in total. The lowest BCUT2D eigenvalue weighted by Crippen LogP contribution is -2.33. The van der Waals surface area contributed by atoms with Crippen molar-refractivity contribution in [2.45, 2.75) is 37.5 Å². The van der Waals surface area contributed by atoms with Crippen molar-refractivity contribution in [2.75, 3.05) is 18.0 Å². The monoisotopic (exact) mass is 365 g/mol. The van der Waals surface area contributed by atoms with Gasteiger partial charge in [0.1, 0.15) is 5.52 Å². The molecule has 3 aromatic rings. The van der Waals surface area contributed by atoms with E-state index in [9.17, 15) is 10.1 Å². The van der Waals surface area contributed by atoms with Crippen molar-refractivity contribution in [1.29, 1.82) is 0 Å². The van der Waals surface area contributed by atoms with Gasteiger partial charge >= 0.3 is 0 Å². The van der Waals surface area contributed by atoms with Gasteiger partial charge in [-0.3, -0.25) is 15.1 Å². The van der Waals surface area contributed by atoms with E-state index in [0.29, 0.717) is 22.7 Å². The number of benzene rings is 1. The van der Waals surface area contributed by atoms with E-state index in [1.807, 2.05) is 6.07 Å². The van der Waals surface area contributed by atoms with Crippen LogP contribution in [0.4, 0.5) is 11.4 Å². The highest BCUT2D eigenvalue weighted by Crippen LogP contribution is 2.40. The highest BCUT2D eigenvalue weighted by atomic mass is 16.6. The topological polar surface area (TPSA) is 98.2 Å². The minimum Gasteiger partial charge on any atom is -0.370 e. The van der Waals surface area contributed by atoms with E-state index in [2.05, 4.69) is 20.0 Å². The first-order valence-electron chi connectivity index (χ1n) is 9.31. The molecule has 8 nitrogen and oxygen atoms in total. The first kappa shape index (κ1) is 16.2. The van der Waals surface area contributed by atoms with Gasteiger partial charge in [-0.1, -0.05) is 5.16 Å². The number of rotatable bonds is 4. The molecule has 0 radical (unpaired) electrons. The number of nitro groups is 1. The fourth-order valence-electron chi connectivity index (χ4n) is 3.84. The van der Waals surface area contributed by atoms with Gasteiger partial charge in [0.25, 0.3) is 5.69 Å². The van der Waals surface area contributed by atoms with Crippen LogP contribution in [0.5, 0.6) is 0 Å². The molecule has 1 aromatic carbocycles. The molecule has 3 heterocycles. The summed E-state index contributed by atoms with van der Waals surface area (Å²) in [4.78, 5) is 22.2. The van der Waals surface area contributed by atoms with Crippen LogP contribution in [0.2, 0.25) is 0 Å². The van der Waals surface area contributed by atoms with Crippen LogP contribution in [0.25, 0.3) is 10.9 Å². The minimum atomic E-state index is -0.353. The smallest absolute Gasteiger partial charge is 0.278 e. The first-order chi connectivity index (χ1) is 13.2. The van der Waals surface area contributed by atoms with Crippen LogP contribution >= 0.6 is 0 Å². The summed E-state index contributed by atoms with van der Waals surface area (Å²) in [6.07, 6.45) is 5.84. The standard InChI is InChI=1S/C19H19N5O3/c25-24(26)15-5-6-16(17-14(15)2-1-9-20-17)23-10-7-12(8-11-23)18-21-19(27-22-18)13-3-4-13/h1-2,5-6,9,12-13H,3-4,7-8,10-11H2. The maximum Gasteiger partial charge on any atom is 0.278 e. The molecule has 1 aliphatic heterocycles. The maximum absolute atomic E-state index is 11.3. The number of piperidine rings is 1. The Morgan fingerprint density at radius 2 is 1.93 bits per heavy atom. The first-order valence-corrected chi connectivity index (χ1v) is 9.31. The Morgan fingerprint density at radius 3 is 2.67 bits per heavy atom. The molecule has 1 saturated heterocycles. The third-order valence-electron chi connectivity index (χ3n) is 5.51. The number of anilines is 1. The SMILES string of the molecule is O=[N+]([O-])c1ccc(N2CCC(c3noc(C4CC4)n3)CC2)c2ncccc12. The molecule has 2 aromatic heterocycles. The Balaban J connectivity index is 1.37. The molecule has 1 aliphatic carbocycles. The van der Waals surface area contributed by atoms with E-state index < -0.39 is 0 Å². The quantitative estimate of drug-likeness (QED) is 0.512. The zero-order valence-electron chi connectivity index (χ0n) is 14.7. The van der Waals surface area contributed by atoms with Crippen molar-refractivity contribution in [3.05, 3.63) is 52.3 Å². The number of hydrogen-bond acceptors (Lipinski definition) is 7. The Morgan fingerprint density at radius 1 is 1.11 bits per heavy atom. The van der Waals surface area contributed by atoms with E-state index in [1.54, 1.807) is 24.4 Å². The molecular weight excluding hydrogens is 346 g/mol. The summed E-state index contributed by atoms with van der Waals surface area (Å²) in [6.45, 7) is 1.67. The van der Waals surface area contributed by atoms with Crippen LogP contribution in [0.1, 0.15) is 49.2 Å². The van der Waals surface area contributed by atoms with Crippen LogP contribution in [-0.2, 0) is 0 Å². The summed E-state index contributed by atoms with van der Waals surface area (Å²) in [5.74, 6) is 2.39. The van der Waals surface area contributed by atoms with E-state index in [0.717, 1.165) is 56.2 Å². The lowest BCUT2D eigenvalue weighted by Gasteiger charge is -2.32. The molecule has 0 unspecified atom stereocenters. The third kappa shape index (κ3) is 2.90. The average Bonchev–Trinajstić information content (AvgIpc) is 3.44. The van der Waals surface area contributed by atoms with Crippen molar-refractivity contribution in [3.63, 3.8) is 0 Å². The van der Waals surface area contributed by atoms with Gasteiger partial charge in [-0.25, -0.2) is 0 Å². The number of hydrogen-bond donors (Lipinski definition) is 0. The molecule has 0 atom stereocenters. The van der Waals surface area contributed by atoms with Gasteiger partial charge in [-0.15, -0.1) is 0 Å². The Labute approximate surface area is 155 Å². The molecule has 5 rings (SSSR count).